The fraction of sp³-hybridized carbons (Fsp3) is 0.462. The fourth-order valence-electron chi connectivity index (χ4n) is 2.65. The van der Waals surface area contributed by atoms with Gasteiger partial charge in [0.2, 0.25) is 0 Å². The highest BCUT2D eigenvalue weighted by Gasteiger charge is 2.46. The van der Waals surface area contributed by atoms with Crippen LogP contribution in [0.5, 0.6) is 0 Å². The minimum atomic E-state index is -0.959. The zero-order valence-electron chi connectivity index (χ0n) is 9.73. The summed E-state index contributed by atoms with van der Waals surface area (Å²) >= 11 is 0. The van der Waals surface area contributed by atoms with Crippen LogP contribution in [0.15, 0.2) is 30.3 Å². The van der Waals surface area contributed by atoms with Crippen molar-refractivity contribution >= 4 is 6.09 Å². The number of carbonyl (C=O) groups is 1. The maximum Gasteiger partial charge on any atom is 0.405 e. The van der Waals surface area contributed by atoms with Gasteiger partial charge < -0.3 is 16.2 Å². The van der Waals surface area contributed by atoms with Crippen LogP contribution in [0, 0.1) is 5.92 Å². The Kier molecular flexibility index (Phi) is 3.33. The average Bonchev–Trinajstić information content (AvgIpc) is 2.28. The SMILES string of the molecule is NCC1CCC1(Cc1ccccc1)NC(=O)O. The van der Waals surface area contributed by atoms with E-state index < -0.39 is 6.09 Å². The van der Waals surface area contributed by atoms with Crippen LogP contribution in [0.3, 0.4) is 0 Å². The van der Waals surface area contributed by atoms with Crippen molar-refractivity contribution in [3.05, 3.63) is 35.9 Å². The summed E-state index contributed by atoms with van der Waals surface area (Å²) in [4.78, 5) is 10.9. The van der Waals surface area contributed by atoms with E-state index in [1.54, 1.807) is 0 Å². The van der Waals surface area contributed by atoms with Crippen molar-refractivity contribution in [3.8, 4) is 0 Å². The van der Waals surface area contributed by atoms with Gasteiger partial charge in [-0.05, 0) is 37.3 Å². The molecule has 1 saturated carbocycles. The predicted molar refractivity (Wildman–Crippen MR) is 65.8 cm³/mol. The van der Waals surface area contributed by atoms with Gasteiger partial charge in [0.05, 0.1) is 5.54 Å². The first kappa shape index (κ1) is 11.9. The second-order valence-electron chi connectivity index (χ2n) is 4.72. The molecule has 2 rings (SSSR count). The van der Waals surface area contributed by atoms with Crippen molar-refractivity contribution in [1.82, 2.24) is 5.32 Å². The van der Waals surface area contributed by atoms with Gasteiger partial charge in [0.15, 0.2) is 0 Å². The number of rotatable bonds is 4. The standard InChI is InChI=1S/C13H18N2O2/c14-9-11-6-7-13(11,15-12(16)17)8-10-4-2-1-3-5-10/h1-5,11,15H,6-9,14H2,(H,16,17). The summed E-state index contributed by atoms with van der Waals surface area (Å²) < 4.78 is 0. The Morgan fingerprint density at radius 3 is 2.65 bits per heavy atom. The number of benzene rings is 1. The molecule has 0 aliphatic heterocycles. The second-order valence-corrected chi connectivity index (χ2v) is 4.72. The van der Waals surface area contributed by atoms with Crippen LogP contribution >= 0.6 is 0 Å². The van der Waals surface area contributed by atoms with E-state index in [1.807, 2.05) is 30.3 Å². The number of amides is 1. The Bertz CT molecular complexity index is 392. The minimum absolute atomic E-state index is 0.249. The molecular weight excluding hydrogens is 216 g/mol. The van der Waals surface area contributed by atoms with Crippen molar-refractivity contribution < 1.29 is 9.90 Å². The lowest BCUT2D eigenvalue weighted by Crippen LogP contribution is -2.63. The summed E-state index contributed by atoms with van der Waals surface area (Å²) in [6.45, 7) is 0.535. The average molecular weight is 234 g/mol. The number of hydrogen-bond donors (Lipinski definition) is 3. The summed E-state index contributed by atoms with van der Waals surface area (Å²) in [5.41, 5.74) is 6.50. The lowest BCUT2D eigenvalue weighted by molar-refractivity contribution is 0.0830. The molecule has 1 aromatic rings. The van der Waals surface area contributed by atoms with E-state index in [-0.39, 0.29) is 11.5 Å². The molecule has 1 fully saturated rings. The first-order valence-corrected chi connectivity index (χ1v) is 5.91. The lowest BCUT2D eigenvalue weighted by Gasteiger charge is -2.49. The van der Waals surface area contributed by atoms with E-state index in [2.05, 4.69) is 5.32 Å². The van der Waals surface area contributed by atoms with E-state index in [0.717, 1.165) is 24.8 Å². The highest BCUT2D eigenvalue weighted by Crippen LogP contribution is 2.40. The third-order valence-corrected chi connectivity index (χ3v) is 3.72. The normalized spacial score (nSPS) is 27.2. The third-order valence-electron chi connectivity index (χ3n) is 3.72. The molecule has 4 nitrogen and oxygen atoms in total. The summed E-state index contributed by atoms with van der Waals surface area (Å²) in [7, 11) is 0. The fourth-order valence-corrected chi connectivity index (χ4v) is 2.65. The Labute approximate surface area is 101 Å². The van der Waals surface area contributed by atoms with E-state index in [9.17, 15) is 4.79 Å². The molecule has 0 radical (unpaired) electrons. The maximum absolute atomic E-state index is 10.9. The number of hydrogen-bond acceptors (Lipinski definition) is 2. The summed E-state index contributed by atoms with van der Waals surface area (Å²) in [5, 5.41) is 11.6. The first-order valence-electron chi connectivity index (χ1n) is 5.91. The van der Waals surface area contributed by atoms with E-state index in [0.29, 0.717) is 6.54 Å². The molecule has 0 bridgehead atoms. The first-order chi connectivity index (χ1) is 8.16. The summed E-state index contributed by atoms with van der Waals surface area (Å²) in [6, 6.07) is 9.95. The molecule has 1 amide bonds. The number of nitrogens with one attached hydrogen (secondary N) is 1. The summed E-state index contributed by atoms with van der Waals surface area (Å²) in [6.07, 6.45) is 1.64. The zero-order valence-corrected chi connectivity index (χ0v) is 9.73. The van der Waals surface area contributed by atoms with Crippen LogP contribution in [0.4, 0.5) is 4.79 Å². The van der Waals surface area contributed by atoms with E-state index >= 15 is 0 Å². The molecule has 0 heterocycles. The van der Waals surface area contributed by atoms with Crippen molar-refractivity contribution in [2.24, 2.45) is 11.7 Å². The number of nitrogens with two attached hydrogens (primary N) is 1. The van der Waals surface area contributed by atoms with Gasteiger partial charge in [-0.15, -0.1) is 0 Å². The lowest BCUT2D eigenvalue weighted by atomic mass is 9.63. The largest absolute Gasteiger partial charge is 0.465 e. The van der Waals surface area contributed by atoms with Gasteiger partial charge >= 0.3 is 6.09 Å². The van der Waals surface area contributed by atoms with Gasteiger partial charge in [0.25, 0.3) is 0 Å². The van der Waals surface area contributed by atoms with Gasteiger partial charge in [0.1, 0.15) is 0 Å². The molecule has 4 N–H and O–H groups in total. The molecule has 1 aliphatic rings. The van der Waals surface area contributed by atoms with Crippen LogP contribution in [0.25, 0.3) is 0 Å². The quantitative estimate of drug-likeness (QED) is 0.740. The Balaban J connectivity index is 2.14. The van der Waals surface area contributed by atoms with Crippen molar-refractivity contribution in [2.75, 3.05) is 6.54 Å². The Morgan fingerprint density at radius 2 is 2.18 bits per heavy atom. The molecule has 17 heavy (non-hydrogen) atoms. The topological polar surface area (TPSA) is 75.3 Å². The smallest absolute Gasteiger partial charge is 0.405 e. The Morgan fingerprint density at radius 1 is 1.47 bits per heavy atom. The summed E-state index contributed by atoms with van der Waals surface area (Å²) in [5.74, 6) is 0.249. The van der Waals surface area contributed by atoms with Crippen LogP contribution in [-0.2, 0) is 6.42 Å². The molecule has 0 saturated heterocycles. The van der Waals surface area contributed by atoms with Crippen LogP contribution in [0.1, 0.15) is 18.4 Å². The van der Waals surface area contributed by atoms with Crippen LogP contribution in [0.2, 0.25) is 0 Å². The monoisotopic (exact) mass is 234 g/mol. The predicted octanol–water partition coefficient (Wildman–Crippen LogP) is 1.60. The van der Waals surface area contributed by atoms with Crippen molar-refractivity contribution in [1.29, 1.82) is 0 Å². The minimum Gasteiger partial charge on any atom is -0.465 e. The van der Waals surface area contributed by atoms with Crippen molar-refractivity contribution in [3.63, 3.8) is 0 Å². The molecule has 1 aromatic carbocycles. The van der Waals surface area contributed by atoms with Gasteiger partial charge in [-0.25, -0.2) is 4.79 Å². The third kappa shape index (κ3) is 2.42. The highest BCUT2D eigenvalue weighted by molar-refractivity contribution is 5.66. The van der Waals surface area contributed by atoms with Gasteiger partial charge in [-0.3, -0.25) is 0 Å². The maximum atomic E-state index is 10.9. The van der Waals surface area contributed by atoms with E-state index in [4.69, 9.17) is 10.8 Å². The van der Waals surface area contributed by atoms with Gasteiger partial charge in [-0.1, -0.05) is 30.3 Å². The molecule has 4 heteroatoms. The second kappa shape index (κ2) is 4.75. The molecule has 92 valence electrons. The zero-order chi connectivity index (χ0) is 12.3. The Hall–Kier alpha value is -1.55. The molecule has 2 unspecified atom stereocenters. The molecule has 0 aromatic heterocycles. The molecule has 1 aliphatic carbocycles. The number of carboxylic acid groups (broad SMARTS) is 1. The molecule has 2 atom stereocenters. The highest BCUT2D eigenvalue weighted by atomic mass is 16.4. The molecular formula is C13H18N2O2. The van der Waals surface area contributed by atoms with Gasteiger partial charge in [0, 0.05) is 0 Å². The van der Waals surface area contributed by atoms with Crippen molar-refractivity contribution in [2.45, 2.75) is 24.8 Å². The van der Waals surface area contributed by atoms with E-state index in [1.165, 1.54) is 0 Å². The van der Waals surface area contributed by atoms with Crippen LogP contribution in [-0.4, -0.2) is 23.3 Å². The van der Waals surface area contributed by atoms with Crippen LogP contribution < -0.4 is 11.1 Å². The van der Waals surface area contributed by atoms with Gasteiger partial charge in [-0.2, -0.15) is 0 Å². The molecule has 0 spiro atoms.